The Hall–Kier alpha value is -1.69. The number of benzene rings is 1. The van der Waals surface area contributed by atoms with Crippen LogP contribution in [0.3, 0.4) is 0 Å². The van der Waals surface area contributed by atoms with Gasteiger partial charge < -0.3 is 15.5 Å². The van der Waals surface area contributed by atoms with Crippen LogP contribution in [-0.4, -0.2) is 47.5 Å². The standard InChI is InChI=1S/C19H27N3O2S/c23-18(22-10-12-25-13-11-22)16-6-8-17(9-7-16)21-19(24)20-14-15-4-2-1-3-5-15/h1-5,16-17H,6-14H2,(H2,20,21,24). The van der Waals surface area contributed by atoms with Gasteiger partial charge in [0.2, 0.25) is 5.91 Å². The first-order valence-corrected chi connectivity index (χ1v) is 10.3. The summed E-state index contributed by atoms with van der Waals surface area (Å²) in [4.78, 5) is 26.6. The molecule has 5 nitrogen and oxygen atoms in total. The van der Waals surface area contributed by atoms with Crippen LogP contribution >= 0.6 is 11.8 Å². The number of rotatable bonds is 4. The van der Waals surface area contributed by atoms with Gasteiger partial charge in [-0.2, -0.15) is 11.8 Å². The Bertz CT molecular complexity index is 567. The Morgan fingerprint density at radius 3 is 2.40 bits per heavy atom. The van der Waals surface area contributed by atoms with Crippen molar-refractivity contribution < 1.29 is 9.59 Å². The molecule has 2 aliphatic rings. The lowest BCUT2D eigenvalue weighted by Gasteiger charge is -2.34. The Kier molecular flexibility index (Phi) is 6.62. The first-order chi connectivity index (χ1) is 12.2. The molecule has 1 saturated heterocycles. The van der Waals surface area contributed by atoms with E-state index in [9.17, 15) is 9.59 Å². The maximum atomic E-state index is 12.6. The molecule has 1 aliphatic carbocycles. The molecule has 2 N–H and O–H groups in total. The second-order valence-electron chi connectivity index (χ2n) is 6.80. The lowest BCUT2D eigenvalue weighted by atomic mass is 9.85. The quantitative estimate of drug-likeness (QED) is 0.867. The molecule has 0 bridgehead atoms. The number of carbonyl (C=O) groups is 2. The summed E-state index contributed by atoms with van der Waals surface area (Å²) in [6, 6.07) is 9.95. The van der Waals surface area contributed by atoms with Gasteiger partial charge in [0.05, 0.1) is 0 Å². The molecular formula is C19H27N3O2S. The summed E-state index contributed by atoms with van der Waals surface area (Å²) in [7, 11) is 0. The van der Waals surface area contributed by atoms with Crippen molar-refractivity contribution >= 4 is 23.7 Å². The summed E-state index contributed by atoms with van der Waals surface area (Å²) in [5.41, 5.74) is 1.09. The van der Waals surface area contributed by atoms with Crippen molar-refractivity contribution in [1.29, 1.82) is 0 Å². The van der Waals surface area contributed by atoms with Gasteiger partial charge in [-0.15, -0.1) is 0 Å². The molecule has 1 aromatic rings. The molecule has 1 heterocycles. The zero-order valence-electron chi connectivity index (χ0n) is 14.6. The average molecular weight is 362 g/mol. The summed E-state index contributed by atoms with van der Waals surface area (Å²) in [5.74, 6) is 2.59. The number of nitrogens with one attached hydrogen (secondary N) is 2. The zero-order chi connectivity index (χ0) is 17.5. The number of hydrogen-bond acceptors (Lipinski definition) is 3. The molecule has 3 rings (SSSR count). The van der Waals surface area contributed by atoms with Crippen LogP contribution in [0.15, 0.2) is 30.3 Å². The van der Waals surface area contributed by atoms with Crippen molar-refractivity contribution in [2.45, 2.75) is 38.3 Å². The van der Waals surface area contributed by atoms with E-state index in [0.717, 1.165) is 55.8 Å². The summed E-state index contributed by atoms with van der Waals surface area (Å²) >= 11 is 1.92. The second kappa shape index (κ2) is 9.13. The van der Waals surface area contributed by atoms with Gasteiger partial charge in [0.1, 0.15) is 0 Å². The molecule has 0 aromatic heterocycles. The Morgan fingerprint density at radius 1 is 1.04 bits per heavy atom. The van der Waals surface area contributed by atoms with Crippen LogP contribution in [0, 0.1) is 5.92 Å². The Morgan fingerprint density at radius 2 is 1.72 bits per heavy atom. The smallest absolute Gasteiger partial charge is 0.315 e. The van der Waals surface area contributed by atoms with E-state index in [0.29, 0.717) is 12.5 Å². The molecule has 1 saturated carbocycles. The fraction of sp³-hybridized carbons (Fsp3) is 0.579. The second-order valence-corrected chi connectivity index (χ2v) is 8.02. The molecule has 2 fully saturated rings. The van der Waals surface area contributed by atoms with Gasteiger partial charge in [0.15, 0.2) is 0 Å². The predicted octanol–water partition coefficient (Wildman–Crippen LogP) is 2.62. The van der Waals surface area contributed by atoms with Gasteiger partial charge in [-0.25, -0.2) is 4.79 Å². The fourth-order valence-electron chi connectivity index (χ4n) is 3.54. The predicted molar refractivity (Wildman–Crippen MR) is 101 cm³/mol. The maximum absolute atomic E-state index is 12.6. The summed E-state index contributed by atoms with van der Waals surface area (Å²) in [6.45, 7) is 2.32. The van der Waals surface area contributed by atoms with E-state index < -0.39 is 0 Å². The molecule has 1 aliphatic heterocycles. The summed E-state index contributed by atoms with van der Waals surface area (Å²) in [5, 5.41) is 5.95. The summed E-state index contributed by atoms with van der Waals surface area (Å²) in [6.07, 6.45) is 3.54. The lowest BCUT2D eigenvalue weighted by Crippen LogP contribution is -2.46. The average Bonchev–Trinajstić information content (AvgIpc) is 2.68. The molecule has 136 valence electrons. The number of carbonyl (C=O) groups excluding carboxylic acids is 2. The van der Waals surface area contributed by atoms with E-state index >= 15 is 0 Å². The van der Waals surface area contributed by atoms with Crippen molar-refractivity contribution in [2.24, 2.45) is 5.92 Å². The fourth-order valence-corrected chi connectivity index (χ4v) is 4.44. The van der Waals surface area contributed by atoms with Crippen LogP contribution in [0.5, 0.6) is 0 Å². The summed E-state index contributed by atoms with van der Waals surface area (Å²) < 4.78 is 0. The molecule has 0 unspecified atom stereocenters. The van der Waals surface area contributed by atoms with E-state index in [-0.39, 0.29) is 18.0 Å². The van der Waals surface area contributed by atoms with E-state index in [4.69, 9.17) is 0 Å². The molecule has 6 heteroatoms. The Labute approximate surface area is 153 Å². The van der Waals surface area contributed by atoms with Crippen molar-refractivity contribution in [2.75, 3.05) is 24.6 Å². The van der Waals surface area contributed by atoms with Gasteiger partial charge in [0.25, 0.3) is 0 Å². The number of thioether (sulfide) groups is 1. The number of nitrogens with zero attached hydrogens (tertiary/aromatic N) is 1. The van der Waals surface area contributed by atoms with Crippen LogP contribution in [0.4, 0.5) is 4.79 Å². The van der Waals surface area contributed by atoms with Crippen molar-refractivity contribution in [3.8, 4) is 0 Å². The van der Waals surface area contributed by atoms with E-state index in [1.807, 2.05) is 47.0 Å². The van der Waals surface area contributed by atoms with Gasteiger partial charge in [0, 0.05) is 43.1 Å². The third kappa shape index (κ3) is 5.39. The van der Waals surface area contributed by atoms with Crippen LogP contribution in [0.2, 0.25) is 0 Å². The van der Waals surface area contributed by atoms with Crippen molar-refractivity contribution in [3.63, 3.8) is 0 Å². The molecule has 25 heavy (non-hydrogen) atoms. The van der Waals surface area contributed by atoms with Crippen molar-refractivity contribution in [3.05, 3.63) is 35.9 Å². The highest BCUT2D eigenvalue weighted by atomic mass is 32.2. The first kappa shape index (κ1) is 18.1. The third-order valence-corrected chi connectivity index (χ3v) is 5.97. The molecule has 0 atom stereocenters. The number of hydrogen-bond donors (Lipinski definition) is 2. The minimum absolute atomic E-state index is 0.119. The van der Waals surface area contributed by atoms with E-state index in [1.54, 1.807) is 0 Å². The van der Waals surface area contributed by atoms with Crippen molar-refractivity contribution in [1.82, 2.24) is 15.5 Å². The van der Waals surface area contributed by atoms with E-state index in [1.165, 1.54) is 0 Å². The molecule has 1 aromatic carbocycles. The minimum Gasteiger partial charge on any atom is -0.341 e. The molecular weight excluding hydrogens is 334 g/mol. The number of amides is 3. The molecule has 3 amide bonds. The van der Waals surface area contributed by atoms with Gasteiger partial charge in [-0.1, -0.05) is 30.3 Å². The third-order valence-electron chi connectivity index (χ3n) is 5.03. The van der Waals surface area contributed by atoms with Crippen LogP contribution in [-0.2, 0) is 11.3 Å². The maximum Gasteiger partial charge on any atom is 0.315 e. The highest BCUT2D eigenvalue weighted by molar-refractivity contribution is 7.99. The molecule has 0 spiro atoms. The van der Waals surface area contributed by atoms with Crippen LogP contribution in [0.25, 0.3) is 0 Å². The first-order valence-electron chi connectivity index (χ1n) is 9.17. The van der Waals surface area contributed by atoms with Gasteiger partial charge in [-0.05, 0) is 31.2 Å². The minimum atomic E-state index is -0.119. The SMILES string of the molecule is O=C(NCc1ccccc1)NC1CCC(C(=O)N2CCSCC2)CC1. The monoisotopic (exact) mass is 361 g/mol. The highest BCUT2D eigenvalue weighted by Gasteiger charge is 2.30. The zero-order valence-corrected chi connectivity index (χ0v) is 15.4. The Balaban J connectivity index is 1.37. The van der Waals surface area contributed by atoms with Gasteiger partial charge >= 0.3 is 6.03 Å². The number of urea groups is 1. The molecule has 0 radical (unpaired) electrons. The van der Waals surface area contributed by atoms with Crippen LogP contribution < -0.4 is 10.6 Å². The lowest BCUT2D eigenvalue weighted by molar-refractivity contribution is -0.136. The normalized spacial score (nSPS) is 23.8. The van der Waals surface area contributed by atoms with Gasteiger partial charge in [-0.3, -0.25) is 4.79 Å². The topological polar surface area (TPSA) is 61.4 Å². The highest BCUT2D eigenvalue weighted by Crippen LogP contribution is 2.27. The van der Waals surface area contributed by atoms with Crippen LogP contribution in [0.1, 0.15) is 31.2 Å². The largest absolute Gasteiger partial charge is 0.341 e. The van der Waals surface area contributed by atoms with E-state index in [2.05, 4.69) is 10.6 Å².